The number of nitrogens with two attached hydrogens (primary N) is 1. The summed E-state index contributed by atoms with van der Waals surface area (Å²) in [6, 6.07) is 6.48. The van der Waals surface area contributed by atoms with Crippen LogP contribution in [-0.2, 0) is 16.1 Å². The van der Waals surface area contributed by atoms with Crippen LogP contribution in [0.5, 0.6) is 5.75 Å². The van der Waals surface area contributed by atoms with Gasteiger partial charge >= 0.3 is 0 Å². The monoisotopic (exact) mass is 397 g/mol. The fourth-order valence-corrected chi connectivity index (χ4v) is 3.06. The molecule has 0 aliphatic heterocycles. The first-order valence-corrected chi connectivity index (χ1v) is 8.91. The number of rotatable bonds is 8. The Bertz CT molecular complexity index is 962. The minimum absolute atomic E-state index is 0.190. The predicted molar refractivity (Wildman–Crippen MR) is 112 cm³/mol. The maximum atomic E-state index is 13.1. The van der Waals surface area contributed by atoms with Crippen LogP contribution in [0.4, 0.5) is 10.1 Å². The Balaban J connectivity index is 2.60. The smallest absolute Gasteiger partial charge is 0.162 e. The molecule has 152 valence electrons. The lowest BCUT2D eigenvalue weighted by Crippen LogP contribution is -2.19. The van der Waals surface area contributed by atoms with Crippen molar-refractivity contribution in [2.45, 2.75) is 20.4 Å². The molecule has 0 saturated carbocycles. The molecule has 0 atom stereocenters. The molecule has 0 amide bonds. The summed E-state index contributed by atoms with van der Waals surface area (Å²) in [6.45, 7) is 3.49. The van der Waals surface area contributed by atoms with Gasteiger partial charge < -0.3 is 15.4 Å². The van der Waals surface area contributed by atoms with Gasteiger partial charge in [-0.25, -0.2) is 4.39 Å². The van der Waals surface area contributed by atoms with Crippen molar-refractivity contribution in [3.05, 3.63) is 64.9 Å². The Morgan fingerprint density at radius 2 is 2.03 bits per heavy atom. The molecule has 29 heavy (non-hydrogen) atoms. The fraction of sp³-hybridized carbons (Fsp3) is 0.227. The number of allylic oxidation sites excluding steroid dienone is 3. The second-order valence-electron chi connectivity index (χ2n) is 6.54. The number of carbonyl (C=O) groups is 2. The summed E-state index contributed by atoms with van der Waals surface area (Å²) in [5.74, 6) is -0.125. The van der Waals surface area contributed by atoms with E-state index in [-0.39, 0.29) is 5.78 Å². The lowest BCUT2D eigenvalue weighted by atomic mass is 9.96. The van der Waals surface area contributed by atoms with Crippen LogP contribution >= 0.6 is 0 Å². The molecule has 0 saturated heterocycles. The summed E-state index contributed by atoms with van der Waals surface area (Å²) >= 11 is 0. The second kappa shape index (κ2) is 9.64. The highest BCUT2D eigenvalue weighted by Crippen LogP contribution is 2.36. The van der Waals surface area contributed by atoms with Gasteiger partial charge in [-0.2, -0.15) is 0 Å². The summed E-state index contributed by atoms with van der Waals surface area (Å²) in [6.07, 6.45) is 4.84. The fourth-order valence-electron chi connectivity index (χ4n) is 3.06. The number of aromatic nitrogens is 1. The minimum atomic E-state index is -0.405. The highest BCUT2D eigenvalue weighted by Gasteiger charge is 2.19. The molecule has 0 fully saturated rings. The van der Waals surface area contributed by atoms with Crippen molar-refractivity contribution in [1.82, 2.24) is 4.98 Å². The topological polar surface area (TPSA) is 85.5 Å². The molecular weight excluding hydrogens is 373 g/mol. The molecule has 1 aromatic heterocycles. The average molecular weight is 397 g/mol. The lowest BCUT2D eigenvalue weighted by molar-refractivity contribution is -0.111. The molecule has 2 rings (SSSR count). The Kier molecular flexibility index (Phi) is 7.25. The zero-order valence-corrected chi connectivity index (χ0v) is 16.9. The lowest BCUT2D eigenvalue weighted by Gasteiger charge is -2.24. The first-order chi connectivity index (χ1) is 13.8. The molecule has 0 bridgehead atoms. The first kappa shape index (κ1) is 21.8. The van der Waals surface area contributed by atoms with Gasteiger partial charge in [0.1, 0.15) is 17.9 Å². The molecule has 0 aliphatic carbocycles. The highest BCUT2D eigenvalue weighted by molar-refractivity contribution is 6.21. The number of anilines is 1. The van der Waals surface area contributed by atoms with Gasteiger partial charge in [0.05, 0.1) is 25.5 Å². The van der Waals surface area contributed by atoms with E-state index in [9.17, 15) is 14.0 Å². The molecule has 2 aromatic rings. The number of carbonyl (C=O) groups excluding carboxylic acids is 2. The van der Waals surface area contributed by atoms with Gasteiger partial charge in [-0.15, -0.1) is 0 Å². The standard InChI is InChI=1S/C22H24FN3O3/c1-14(24)22(15(2)28)19-10-16(6-5-9-27)20(11-21(19)29-4)26(3)13-18-8-7-17(23)12-25-18/h5-12H,13,24H2,1-4H3/b6-5-,22-14?. The Morgan fingerprint density at radius 1 is 1.31 bits per heavy atom. The highest BCUT2D eigenvalue weighted by atomic mass is 19.1. The Labute approximate surface area is 169 Å². The number of nitrogens with zero attached hydrogens (tertiary/aromatic N) is 2. The van der Waals surface area contributed by atoms with Crippen LogP contribution in [0.25, 0.3) is 11.6 Å². The van der Waals surface area contributed by atoms with E-state index >= 15 is 0 Å². The summed E-state index contributed by atoms with van der Waals surface area (Å²) in [4.78, 5) is 29.0. The number of ketones is 1. The Morgan fingerprint density at radius 3 is 2.55 bits per heavy atom. The van der Waals surface area contributed by atoms with Crippen LogP contribution < -0.4 is 15.4 Å². The maximum Gasteiger partial charge on any atom is 0.162 e. The molecule has 1 heterocycles. The van der Waals surface area contributed by atoms with Crippen molar-refractivity contribution < 1.29 is 18.7 Å². The number of pyridine rings is 1. The molecule has 1 aromatic carbocycles. The van der Waals surface area contributed by atoms with Gasteiger partial charge in [-0.1, -0.05) is 0 Å². The van der Waals surface area contributed by atoms with Crippen LogP contribution in [0.1, 0.15) is 30.7 Å². The Hall–Kier alpha value is -3.48. The van der Waals surface area contributed by atoms with Gasteiger partial charge in [-0.3, -0.25) is 14.6 Å². The number of hydrogen-bond donors (Lipinski definition) is 1. The van der Waals surface area contributed by atoms with E-state index in [1.807, 2.05) is 11.9 Å². The molecular formula is C22H24FN3O3. The third kappa shape index (κ3) is 5.28. The van der Waals surface area contributed by atoms with E-state index in [4.69, 9.17) is 10.5 Å². The van der Waals surface area contributed by atoms with Crippen molar-refractivity contribution in [3.8, 4) is 5.75 Å². The van der Waals surface area contributed by atoms with E-state index < -0.39 is 5.82 Å². The van der Waals surface area contributed by atoms with Crippen LogP contribution in [0.15, 0.2) is 42.2 Å². The molecule has 2 N–H and O–H groups in total. The number of benzene rings is 1. The predicted octanol–water partition coefficient (Wildman–Crippen LogP) is 3.36. The number of hydrogen-bond acceptors (Lipinski definition) is 6. The first-order valence-electron chi connectivity index (χ1n) is 8.91. The number of halogens is 1. The molecule has 0 aliphatic rings. The van der Waals surface area contributed by atoms with Crippen molar-refractivity contribution in [2.75, 3.05) is 19.1 Å². The van der Waals surface area contributed by atoms with Crippen molar-refractivity contribution in [1.29, 1.82) is 0 Å². The average Bonchev–Trinajstić information content (AvgIpc) is 2.67. The molecule has 7 heteroatoms. The number of ether oxygens (including phenoxy) is 1. The van der Waals surface area contributed by atoms with Crippen LogP contribution in [0, 0.1) is 5.82 Å². The summed E-state index contributed by atoms with van der Waals surface area (Å²) in [5, 5.41) is 0. The summed E-state index contributed by atoms with van der Waals surface area (Å²) in [7, 11) is 3.35. The van der Waals surface area contributed by atoms with Crippen molar-refractivity contribution >= 4 is 29.4 Å². The molecule has 0 radical (unpaired) electrons. The third-order valence-corrected chi connectivity index (χ3v) is 4.32. The van der Waals surface area contributed by atoms with Crippen LogP contribution in [0.2, 0.25) is 0 Å². The third-order valence-electron chi connectivity index (χ3n) is 4.32. The van der Waals surface area contributed by atoms with Crippen molar-refractivity contribution in [2.24, 2.45) is 5.73 Å². The van der Waals surface area contributed by atoms with E-state index in [1.54, 1.807) is 31.2 Å². The van der Waals surface area contributed by atoms with Gasteiger partial charge in [-0.05, 0) is 49.8 Å². The zero-order chi connectivity index (χ0) is 21.6. The normalized spacial score (nSPS) is 11.9. The molecule has 0 unspecified atom stereocenters. The van der Waals surface area contributed by atoms with Gasteiger partial charge in [0.2, 0.25) is 0 Å². The van der Waals surface area contributed by atoms with E-state index in [0.29, 0.717) is 46.7 Å². The summed E-state index contributed by atoms with van der Waals surface area (Å²) < 4.78 is 18.6. The largest absolute Gasteiger partial charge is 0.496 e. The molecule has 0 spiro atoms. The SMILES string of the molecule is COc1cc(N(C)Cc2ccc(F)cn2)c(/C=C\C=O)cc1C(C(C)=O)=C(C)N. The maximum absolute atomic E-state index is 13.1. The van der Waals surface area contributed by atoms with Gasteiger partial charge in [0.15, 0.2) is 5.78 Å². The van der Waals surface area contributed by atoms with Crippen LogP contribution in [-0.4, -0.2) is 31.2 Å². The van der Waals surface area contributed by atoms with E-state index in [1.165, 1.54) is 26.2 Å². The minimum Gasteiger partial charge on any atom is -0.496 e. The van der Waals surface area contributed by atoms with Gasteiger partial charge in [0, 0.05) is 35.6 Å². The van der Waals surface area contributed by atoms with Gasteiger partial charge in [0.25, 0.3) is 0 Å². The number of aldehydes is 1. The second-order valence-corrected chi connectivity index (χ2v) is 6.54. The number of Topliss-reactive ketones (excluding diaryl/α,β-unsaturated/α-hetero) is 1. The van der Waals surface area contributed by atoms with Crippen LogP contribution in [0.3, 0.4) is 0 Å². The summed E-state index contributed by atoms with van der Waals surface area (Å²) in [5.41, 5.74) is 9.32. The molecule has 6 nitrogen and oxygen atoms in total. The quantitative estimate of drug-likeness (QED) is 0.543. The van der Waals surface area contributed by atoms with Crippen molar-refractivity contribution in [3.63, 3.8) is 0 Å². The zero-order valence-electron chi connectivity index (χ0n) is 16.9. The number of methoxy groups -OCH3 is 1. The van der Waals surface area contributed by atoms with E-state index in [2.05, 4.69) is 4.98 Å². The van der Waals surface area contributed by atoms with E-state index in [0.717, 1.165) is 11.9 Å².